The summed E-state index contributed by atoms with van der Waals surface area (Å²) < 4.78 is 11.0. The van der Waals surface area contributed by atoms with Crippen molar-refractivity contribution in [2.45, 2.75) is 12.8 Å². The van der Waals surface area contributed by atoms with Crippen LogP contribution in [0.2, 0.25) is 0 Å². The van der Waals surface area contributed by atoms with Crippen molar-refractivity contribution in [2.24, 2.45) is 0 Å². The van der Waals surface area contributed by atoms with Crippen molar-refractivity contribution in [3.8, 4) is 11.5 Å². The van der Waals surface area contributed by atoms with Crippen LogP contribution in [0.1, 0.15) is 12.8 Å². The molecule has 1 aliphatic rings. The average molecular weight is 251 g/mol. The summed E-state index contributed by atoms with van der Waals surface area (Å²) in [5.41, 5.74) is 1.00. The van der Waals surface area contributed by atoms with E-state index in [2.05, 4.69) is 0 Å². The molecule has 0 spiro atoms. The molecule has 0 bridgehead atoms. The second kappa shape index (κ2) is 5.62. The van der Waals surface area contributed by atoms with Gasteiger partial charge >= 0.3 is 5.97 Å². The van der Waals surface area contributed by atoms with E-state index in [1.807, 2.05) is 30.1 Å². The van der Waals surface area contributed by atoms with Crippen LogP contribution in [0.3, 0.4) is 0 Å². The number of carboxylic acid groups (broad SMARTS) is 1. The SMILES string of the molecule is CN(CCCC(=O)O)c1ccc2c(c1)OCCO2. The zero-order valence-electron chi connectivity index (χ0n) is 10.4. The van der Waals surface area contributed by atoms with Crippen molar-refractivity contribution < 1.29 is 19.4 Å². The highest BCUT2D eigenvalue weighted by atomic mass is 16.6. The van der Waals surface area contributed by atoms with Crippen molar-refractivity contribution >= 4 is 11.7 Å². The Morgan fingerprint density at radius 1 is 1.33 bits per heavy atom. The molecule has 5 heteroatoms. The highest BCUT2D eigenvalue weighted by Crippen LogP contribution is 2.33. The number of carboxylic acids is 1. The minimum absolute atomic E-state index is 0.189. The van der Waals surface area contributed by atoms with Gasteiger partial charge in [0.2, 0.25) is 0 Å². The van der Waals surface area contributed by atoms with Crippen LogP contribution in [0.25, 0.3) is 0 Å². The number of hydrogen-bond donors (Lipinski definition) is 1. The molecule has 0 radical (unpaired) electrons. The van der Waals surface area contributed by atoms with Crippen LogP contribution in [0, 0.1) is 0 Å². The second-order valence-electron chi connectivity index (χ2n) is 4.25. The Bertz CT molecular complexity index is 433. The Morgan fingerprint density at radius 3 is 2.78 bits per heavy atom. The van der Waals surface area contributed by atoms with Gasteiger partial charge in [0.15, 0.2) is 11.5 Å². The number of carbonyl (C=O) groups is 1. The van der Waals surface area contributed by atoms with E-state index < -0.39 is 5.97 Å². The summed E-state index contributed by atoms with van der Waals surface area (Å²) in [6.07, 6.45) is 0.815. The van der Waals surface area contributed by atoms with E-state index in [1.165, 1.54) is 0 Å². The van der Waals surface area contributed by atoms with Gasteiger partial charge in [0.25, 0.3) is 0 Å². The Balaban J connectivity index is 1.97. The van der Waals surface area contributed by atoms with Gasteiger partial charge in [-0.1, -0.05) is 0 Å². The fraction of sp³-hybridized carbons (Fsp3) is 0.462. The Kier molecular flexibility index (Phi) is 3.92. The molecule has 1 aliphatic heterocycles. The summed E-state index contributed by atoms with van der Waals surface area (Å²) in [6.45, 7) is 1.85. The first-order chi connectivity index (χ1) is 8.66. The van der Waals surface area contributed by atoms with E-state index in [0.29, 0.717) is 26.2 Å². The summed E-state index contributed by atoms with van der Waals surface area (Å²) in [5, 5.41) is 8.60. The fourth-order valence-corrected chi connectivity index (χ4v) is 1.87. The maximum atomic E-state index is 10.5. The fourth-order valence-electron chi connectivity index (χ4n) is 1.87. The van der Waals surface area contributed by atoms with Gasteiger partial charge in [-0.3, -0.25) is 4.79 Å². The minimum Gasteiger partial charge on any atom is -0.486 e. The molecule has 0 amide bonds. The molecule has 0 unspecified atom stereocenters. The lowest BCUT2D eigenvalue weighted by Gasteiger charge is -2.23. The summed E-state index contributed by atoms with van der Waals surface area (Å²) >= 11 is 0. The third kappa shape index (κ3) is 3.06. The van der Waals surface area contributed by atoms with Gasteiger partial charge < -0.3 is 19.5 Å². The van der Waals surface area contributed by atoms with Gasteiger partial charge in [-0.2, -0.15) is 0 Å². The normalized spacial score (nSPS) is 13.2. The Hall–Kier alpha value is -1.91. The number of rotatable bonds is 5. The molecule has 0 fully saturated rings. The second-order valence-corrected chi connectivity index (χ2v) is 4.25. The molecule has 98 valence electrons. The van der Waals surface area contributed by atoms with Crippen molar-refractivity contribution in [3.05, 3.63) is 18.2 Å². The first-order valence-corrected chi connectivity index (χ1v) is 5.99. The maximum Gasteiger partial charge on any atom is 0.303 e. The molecule has 1 aromatic rings. The number of hydrogen-bond acceptors (Lipinski definition) is 4. The lowest BCUT2D eigenvalue weighted by molar-refractivity contribution is -0.137. The van der Waals surface area contributed by atoms with Crippen LogP contribution in [0.5, 0.6) is 11.5 Å². The topological polar surface area (TPSA) is 59.0 Å². The van der Waals surface area contributed by atoms with Crippen LogP contribution >= 0.6 is 0 Å². The standard InChI is InChI=1S/C13H17NO4/c1-14(6-2-3-13(15)16)10-4-5-11-12(9-10)18-8-7-17-11/h4-5,9H,2-3,6-8H2,1H3,(H,15,16). The largest absolute Gasteiger partial charge is 0.486 e. The van der Waals surface area contributed by atoms with Gasteiger partial charge in [-0.05, 0) is 18.6 Å². The number of ether oxygens (including phenoxy) is 2. The molecule has 0 aromatic heterocycles. The lowest BCUT2D eigenvalue weighted by atomic mass is 10.2. The van der Waals surface area contributed by atoms with E-state index in [1.54, 1.807) is 0 Å². The number of aliphatic carboxylic acids is 1. The molecule has 0 saturated heterocycles. The molecule has 0 saturated carbocycles. The molecular weight excluding hydrogens is 234 g/mol. The highest BCUT2D eigenvalue weighted by molar-refractivity contribution is 5.66. The molecule has 2 rings (SSSR count). The quantitative estimate of drug-likeness (QED) is 0.864. The summed E-state index contributed by atoms with van der Waals surface area (Å²) in [5.74, 6) is 0.762. The summed E-state index contributed by atoms with van der Waals surface area (Å²) in [4.78, 5) is 12.5. The van der Waals surface area contributed by atoms with Gasteiger partial charge in [0.1, 0.15) is 13.2 Å². The number of benzene rings is 1. The lowest BCUT2D eigenvalue weighted by Crippen LogP contribution is -2.20. The molecule has 18 heavy (non-hydrogen) atoms. The number of anilines is 1. The van der Waals surface area contributed by atoms with Crippen molar-refractivity contribution in [3.63, 3.8) is 0 Å². The van der Waals surface area contributed by atoms with E-state index >= 15 is 0 Å². The first-order valence-electron chi connectivity index (χ1n) is 5.99. The van der Waals surface area contributed by atoms with Crippen LogP contribution in [-0.4, -0.2) is 37.9 Å². The van der Waals surface area contributed by atoms with Crippen LogP contribution in [0.15, 0.2) is 18.2 Å². The van der Waals surface area contributed by atoms with Gasteiger partial charge in [-0.25, -0.2) is 0 Å². The van der Waals surface area contributed by atoms with Crippen LogP contribution in [0.4, 0.5) is 5.69 Å². The average Bonchev–Trinajstić information content (AvgIpc) is 2.37. The number of fused-ring (bicyclic) bond motifs is 1. The van der Waals surface area contributed by atoms with E-state index in [0.717, 1.165) is 17.2 Å². The summed E-state index contributed by atoms with van der Waals surface area (Å²) in [7, 11) is 1.94. The van der Waals surface area contributed by atoms with Gasteiger partial charge in [0, 0.05) is 31.8 Å². The zero-order chi connectivity index (χ0) is 13.0. The highest BCUT2D eigenvalue weighted by Gasteiger charge is 2.13. The van der Waals surface area contributed by atoms with E-state index in [-0.39, 0.29) is 6.42 Å². The monoisotopic (exact) mass is 251 g/mol. The molecule has 1 N–H and O–H groups in total. The number of nitrogens with zero attached hydrogens (tertiary/aromatic N) is 1. The molecule has 0 atom stereocenters. The minimum atomic E-state index is -0.759. The van der Waals surface area contributed by atoms with Gasteiger partial charge in [0.05, 0.1) is 0 Å². The molecule has 5 nitrogen and oxygen atoms in total. The predicted octanol–water partition coefficient (Wildman–Crippen LogP) is 1.76. The molecular formula is C13H17NO4. The van der Waals surface area contributed by atoms with Gasteiger partial charge in [-0.15, -0.1) is 0 Å². The third-order valence-electron chi connectivity index (χ3n) is 2.85. The Labute approximate surface area is 106 Å². The van der Waals surface area contributed by atoms with Crippen LogP contribution in [-0.2, 0) is 4.79 Å². The molecule has 1 heterocycles. The Morgan fingerprint density at radius 2 is 2.06 bits per heavy atom. The van der Waals surface area contributed by atoms with Crippen LogP contribution < -0.4 is 14.4 Å². The maximum absolute atomic E-state index is 10.5. The zero-order valence-corrected chi connectivity index (χ0v) is 10.4. The first kappa shape index (κ1) is 12.5. The molecule has 1 aromatic carbocycles. The van der Waals surface area contributed by atoms with Crippen molar-refractivity contribution in [1.29, 1.82) is 0 Å². The predicted molar refractivity (Wildman–Crippen MR) is 67.6 cm³/mol. The smallest absolute Gasteiger partial charge is 0.303 e. The summed E-state index contributed by atoms with van der Waals surface area (Å²) in [6, 6.07) is 5.76. The molecule has 0 aliphatic carbocycles. The van der Waals surface area contributed by atoms with Crippen molar-refractivity contribution in [2.75, 3.05) is 31.7 Å². The van der Waals surface area contributed by atoms with E-state index in [9.17, 15) is 4.79 Å². The third-order valence-corrected chi connectivity index (χ3v) is 2.85. The van der Waals surface area contributed by atoms with E-state index in [4.69, 9.17) is 14.6 Å². The van der Waals surface area contributed by atoms with Crippen molar-refractivity contribution in [1.82, 2.24) is 0 Å².